The third-order valence-electron chi connectivity index (χ3n) is 3.41. The van der Waals surface area contributed by atoms with E-state index in [1.54, 1.807) is 0 Å². The minimum absolute atomic E-state index is 0.0138. The second-order valence-corrected chi connectivity index (χ2v) is 5.65. The van der Waals surface area contributed by atoms with Crippen LogP contribution in [-0.4, -0.2) is 11.9 Å². The lowest BCUT2D eigenvalue weighted by Crippen LogP contribution is -2.37. The summed E-state index contributed by atoms with van der Waals surface area (Å²) >= 11 is 2.98. The van der Waals surface area contributed by atoms with Gasteiger partial charge in [0.1, 0.15) is 17.2 Å². The molecule has 1 fully saturated rings. The number of benzene rings is 1. The maximum Gasteiger partial charge on any atom is 0.257 e. The molecule has 5 heteroatoms. The largest absolute Gasteiger partial charge is 0.349 e. The van der Waals surface area contributed by atoms with Gasteiger partial charge in [-0.2, -0.15) is 0 Å². The molecular formula is C13H14BrF2NO. The Kier molecular flexibility index (Phi) is 4.00. The van der Waals surface area contributed by atoms with E-state index in [9.17, 15) is 13.6 Å². The Bertz CT molecular complexity index is 455. The molecule has 0 spiro atoms. The number of carbonyl (C=O) groups is 1. The number of hydrogen-bond donors (Lipinski definition) is 1. The third kappa shape index (κ3) is 2.71. The van der Waals surface area contributed by atoms with E-state index in [-0.39, 0.29) is 10.5 Å². The van der Waals surface area contributed by atoms with Gasteiger partial charge in [-0.1, -0.05) is 29.3 Å². The van der Waals surface area contributed by atoms with Crippen molar-refractivity contribution in [1.29, 1.82) is 0 Å². The van der Waals surface area contributed by atoms with Crippen LogP contribution in [0.4, 0.5) is 8.78 Å². The first-order chi connectivity index (χ1) is 8.49. The average Bonchev–Trinajstić information content (AvgIpc) is 2.62. The number of rotatable bonds is 2. The van der Waals surface area contributed by atoms with Crippen molar-refractivity contribution in [3.05, 3.63) is 33.8 Å². The molecular weight excluding hydrogens is 304 g/mol. The van der Waals surface area contributed by atoms with Crippen molar-refractivity contribution >= 4 is 21.8 Å². The lowest BCUT2D eigenvalue weighted by molar-refractivity contribution is 0.0921. The van der Waals surface area contributed by atoms with Crippen LogP contribution < -0.4 is 5.32 Å². The van der Waals surface area contributed by atoms with Crippen LogP contribution in [0.15, 0.2) is 16.6 Å². The van der Waals surface area contributed by atoms with E-state index in [4.69, 9.17) is 0 Å². The number of halogens is 3. The first kappa shape index (κ1) is 13.5. The zero-order valence-corrected chi connectivity index (χ0v) is 11.6. The number of nitrogens with one attached hydrogen (secondary N) is 1. The van der Waals surface area contributed by atoms with Gasteiger partial charge in [-0.15, -0.1) is 0 Å². The minimum Gasteiger partial charge on any atom is -0.349 e. The Balaban J connectivity index is 2.19. The number of hydrogen-bond acceptors (Lipinski definition) is 1. The molecule has 0 radical (unpaired) electrons. The Morgan fingerprint density at radius 3 is 2.44 bits per heavy atom. The maximum atomic E-state index is 13.6. The second-order valence-electron chi connectivity index (χ2n) is 4.73. The Hall–Kier alpha value is -0.970. The van der Waals surface area contributed by atoms with Gasteiger partial charge in [-0.25, -0.2) is 8.78 Å². The summed E-state index contributed by atoms with van der Waals surface area (Å²) in [6.07, 6.45) is 2.94. The van der Waals surface area contributed by atoms with E-state index in [0.717, 1.165) is 31.4 Å². The molecule has 1 aliphatic carbocycles. The summed E-state index contributed by atoms with van der Waals surface area (Å²) in [5.41, 5.74) is -0.502. The molecule has 98 valence electrons. The summed E-state index contributed by atoms with van der Waals surface area (Å²) < 4.78 is 27.5. The summed E-state index contributed by atoms with van der Waals surface area (Å²) in [5, 5.41) is 2.71. The third-order valence-corrected chi connectivity index (χ3v) is 3.87. The molecule has 1 saturated carbocycles. The molecule has 2 nitrogen and oxygen atoms in total. The van der Waals surface area contributed by atoms with Crippen molar-refractivity contribution < 1.29 is 13.6 Å². The minimum atomic E-state index is -0.843. The predicted octanol–water partition coefficient (Wildman–Crippen LogP) is 3.65. The van der Waals surface area contributed by atoms with Gasteiger partial charge < -0.3 is 5.32 Å². The number of carbonyl (C=O) groups excluding carboxylic acids is 1. The van der Waals surface area contributed by atoms with E-state index in [0.29, 0.717) is 5.92 Å². The SMILES string of the molecule is CC1CCCC1NC(=O)c1c(F)cc(Br)cc1F. The number of amides is 1. The molecule has 1 aromatic carbocycles. The van der Waals surface area contributed by atoms with Crippen molar-refractivity contribution in [1.82, 2.24) is 5.32 Å². The van der Waals surface area contributed by atoms with Gasteiger partial charge in [0.15, 0.2) is 0 Å². The monoisotopic (exact) mass is 317 g/mol. The van der Waals surface area contributed by atoms with Crippen molar-refractivity contribution in [2.24, 2.45) is 5.92 Å². The summed E-state index contributed by atoms with van der Waals surface area (Å²) in [5.74, 6) is -2.00. The maximum absolute atomic E-state index is 13.6. The van der Waals surface area contributed by atoms with Crippen LogP contribution in [0, 0.1) is 17.6 Å². The van der Waals surface area contributed by atoms with Crippen LogP contribution in [0.5, 0.6) is 0 Å². The molecule has 0 saturated heterocycles. The van der Waals surface area contributed by atoms with Gasteiger partial charge in [0.25, 0.3) is 5.91 Å². The fourth-order valence-electron chi connectivity index (χ4n) is 2.36. The van der Waals surface area contributed by atoms with Gasteiger partial charge in [-0.3, -0.25) is 4.79 Å². The first-order valence-electron chi connectivity index (χ1n) is 5.94. The van der Waals surface area contributed by atoms with E-state index in [1.165, 1.54) is 0 Å². The summed E-state index contributed by atoms with van der Waals surface area (Å²) in [6.45, 7) is 2.03. The molecule has 2 rings (SSSR count). The predicted molar refractivity (Wildman–Crippen MR) is 68.3 cm³/mol. The molecule has 0 aliphatic heterocycles. The van der Waals surface area contributed by atoms with Crippen molar-refractivity contribution in [2.45, 2.75) is 32.2 Å². The first-order valence-corrected chi connectivity index (χ1v) is 6.73. The summed E-state index contributed by atoms with van der Waals surface area (Å²) in [4.78, 5) is 11.9. The molecule has 1 N–H and O–H groups in total. The highest BCUT2D eigenvalue weighted by Gasteiger charge is 2.27. The van der Waals surface area contributed by atoms with Crippen LogP contribution in [0.1, 0.15) is 36.5 Å². The van der Waals surface area contributed by atoms with Crippen LogP contribution >= 0.6 is 15.9 Å². The molecule has 0 aromatic heterocycles. The van der Waals surface area contributed by atoms with Gasteiger partial charge in [0, 0.05) is 10.5 Å². The smallest absolute Gasteiger partial charge is 0.257 e. The average molecular weight is 318 g/mol. The molecule has 0 bridgehead atoms. The van der Waals surface area contributed by atoms with Crippen LogP contribution in [0.25, 0.3) is 0 Å². The van der Waals surface area contributed by atoms with Crippen LogP contribution in [0.3, 0.4) is 0 Å². The molecule has 1 amide bonds. The van der Waals surface area contributed by atoms with Crippen molar-refractivity contribution in [2.75, 3.05) is 0 Å². The zero-order chi connectivity index (χ0) is 13.3. The molecule has 1 aliphatic rings. The van der Waals surface area contributed by atoms with Crippen LogP contribution in [0.2, 0.25) is 0 Å². The lowest BCUT2D eigenvalue weighted by Gasteiger charge is -2.17. The highest BCUT2D eigenvalue weighted by Crippen LogP contribution is 2.26. The summed E-state index contributed by atoms with van der Waals surface area (Å²) in [7, 11) is 0. The van der Waals surface area contributed by atoms with Gasteiger partial charge in [0.2, 0.25) is 0 Å². The molecule has 1 aromatic rings. The van der Waals surface area contributed by atoms with E-state index < -0.39 is 23.1 Å². The normalized spacial score (nSPS) is 23.1. The van der Waals surface area contributed by atoms with E-state index in [2.05, 4.69) is 21.2 Å². The molecule has 2 unspecified atom stereocenters. The van der Waals surface area contributed by atoms with Crippen molar-refractivity contribution in [3.63, 3.8) is 0 Å². The fourth-order valence-corrected chi connectivity index (χ4v) is 2.76. The standard InChI is InChI=1S/C13H14BrF2NO/c1-7-3-2-4-11(7)17-13(18)12-9(15)5-8(14)6-10(12)16/h5-7,11H,2-4H2,1H3,(H,17,18). The topological polar surface area (TPSA) is 29.1 Å². The fraction of sp³-hybridized carbons (Fsp3) is 0.462. The quantitative estimate of drug-likeness (QED) is 0.886. The lowest BCUT2D eigenvalue weighted by atomic mass is 10.1. The van der Waals surface area contributed by atoms with Gasteiger partial charge in [-0.05, 0) is 30.9 Å². The van der Waals surface area contributed by atoms with Crippen LogP contribution in [-0.2, 0) is 0 Å². The molecule has 18 heavy (non-hydrogen) atoms. The van der Waals surface area contributed by atoms with E-state index >= 15 is 0 Å². The zero-order valence-electron chi connectivity index (χ0n) is 9.97. The Morgan fingerprint density at radius 2 is 1.94 bits per heavy atom. The second kappa shape index (κ2) is 5.34. The highest BCUT2D eigenvalue weighted by atomic mass is 79.9. The van der Waals surface area contributed by atoms with Gasteiger partial charge in [0.05, 0.1) is 0 Å². The molecule has 0 heterocycles. The van der Waals surface area contributed by atoms with E-state index in [1.807, 2.05) is 6.92 Å². The Morgan fingerprint density at radius 1 is 1.33 bits per heavy atom. The molecule has 2 atom stereocenters. The van der Waals surface area contributed by atoms with Crippen molar-refractivity contribution in [3.8, 4) is 0 Å². The highest BCUT2D eigenvalue weighted by molar-refractivity contribution is 9.10. The summed E-state index contributed by atoms with van der Waals surface area (Å²) in [6, 6.07) is 2.20. The van der Waals surface area contributed by atoms with Gasteiger partial charge >= 0.3 is 0 Å². The Labute approximate surface area is 113 Å².